The van der Waals surface area contributed by atoms with E-state index in [1.807, 2.05) is 6.07 Å². The van der Waals surface area contributed by atoms with Crippen molar-refractivity contribution in [3.8, 4) is 0 Å². The van der Waals surface area contributed by atoms with E-state index in [0.29, 0.717) is 26.7 Å². The summed E-state index contributed by atoms with van der Waals surface area (Å²) in [5.74, 6) is 0. The minimum absolute atomic E-state index is 0.0622. The van der Waals surface area contributed by atoms with Crippen LogP contribution in [0.5, 0.6) is 0 Å². The third-order valence-corrected chi connectivity index (χ3v) is 4.51. The van der Waals surface area contributed by atoms with E-state index in [2.05, 4.69) is 31.0 Å². The van der Waals surface area contributed by atoms with Crippen molar-refractivity contribution in [1.82, 2.24) is 14.6 Å². The summed E-state index contributed by atoms with van der Waals surface area (Å²) in [4.78, 5) is 40.8. The molecule has 4 rings (SSSR count). The zero-order chi connectivity index (χ0) is 19.1. The van der Waals surface area contributed by atoms with Gasteiger partial charge in [-0.15, -0.1) is 4.68 Å². The Morgan fingerprint density at radius 2 is 1.81 bits per heavy atom. The molecule has 0 radical (unpaired) electrons. The summed E-state index contributed by atoms with van der Waals surface area (Å²) < 4.78 is 1.52. The van der Waals surface area contributed by atoms with Gasteiger partial charge in [-0.1, -0.05) is 15.9 Å². The Bertz CT molecular complexity index is 1350. The zero-order valence-electron chi connectivity index (χ0n) is 13.5. The number of aromatic nitrogens is 3. The standard InChI is InChI=1S/C17H10BrN5O4/c18-10-3-6-13-12(7-10)14-15(20-13)16(24)22(17(25)21-14)19-8-9-1-4-11(5-2-9)23(26)27/h1-8,20H,(H,21,25)/b19-8+. The molecule has 0 aliphatic rings. The van der Waals surface area contributed by atoms with Gasteiger partial charge in [0.1, 0.15) is 5.52 Å². The topological polar surface area (TPSA) is 126 Å². The lowest BCUT2D eigenvalue weighted by Crippen LogP contribution is -2.32. The summed E-state index contributed by atoms with van der Waals surface area (Å²) >= 11 is 3.36. The molecule has 134 valence electrons. The number of hydrogen-bond donors (Lipinski definition) is 2. The normalized spacial score (nSPS) is 11.6. The smallest absolute Gasteiger partial charge is 0.349 e. The molecule has 2 N–H and O–H groups in total. The van der Waals surface area contributed by atoms with Gasteiger partial charge in [0, 0.05) is 27.5 Å². The Balaban J connectivity index is 1.82. The highest BCUT2D eigenvalue weighted by molar-refractivity contribution is 9.10. The second kappa shape index (κ2) is 6.32. The largest absolute Gasteiger partial charge is 0.350 e. The second-order valence-corrected chi connectivity index (χ2v) is 6.62. The first-order valence-corrected chi connectivity index (χ1v) is 8.48. The maximum absolute atomic E-state index is 12.7. The molecule has 0 aliphatic carbocycles. The van der Waals surface area contributed by atoms with Crippen LogP contribution in [0.2, 0.25) is 0 Å². The van der Waals surface area contributed by atoms with Crippen molar-refractivity contribution in [2.24, 2.45) is 5.10 Å². The number of benzene rings is 2. The molecule has 0 fully saturated rings. The van der Waals surface area contributed by atoms with Gasteiger partial charge in [0.25, 0.3) is 5.69 Å². The molecular formula is C17H10BrN5O4. The molecule has 0 bridgehead atoms. The second-order valence-electron chi connectivity index (χ2n) is 5.71. The molecule has 4 aromatic rings. The van der Waals surface area contributed by atoms with Gasteiger partial charge in [0.15, 0.2) is 0 Å². The summed E-state index contributed by atoms with van der Waals surface area (Å²) in [5, 5.41) is 15.3. The van der Waals surface area contributed by atoms with Gasteiger partial charge in [0.05, 0.1) is 16.7 Å². The van der Waals surface area contributed by atoms with Crippen LogP contribution in [-0.2, 0) is 0 Å². The van der Waals surface area contributed by atoms with Crippen LogP contribution in [0, 0.1) is 10.1 Å². The van der Waals surface area contributed by atoms with Crippen molar-refractivity contribution < 1.29 is 4.92 Å². The van der Waals surface area contributed by atoms with Gasteiger partial charge in [-0.05, 0) is 35.9 Å². The first-order valence-electron chi connectivity index (χ1n) is 7.69. The summed E-state index contributed by atoms with van der Waals surface area (Å²) in [6.07, 6.45) is 1.28. The molecule has 2 heterocycles. The quantitative estimate of drug-likeness (QED) is 0.296. The molecule has 2 aromatic carbocycles. The average molecular weight is 428 g/mol. The van der Waals surface area contributed by atoms with Gasteiger partial charge in [0.2, 0.25) is 0 Å². The molecule has 27 heavy (non-hydrogen) atoms. The minimum Gasteiger partial charge on any atom is -0.349 e. The van der Waals surface area contributed by atoms with E-state index in [-0.39, 0.29) is 11.2 Å². The van der Waals surface area contributed by atoms with Gasteiger partial charge in [-0.25, -0.2) is 4.79 Å². The van der Waals surface area contributed by atoms with E-state index in [9.17, 15) is 19.7 Å². The fraction of sp³-hybridized carbons (Fsp3) is 0. The van der Waals surface area contributed by atoms with Crippen LogP contribution in [-0.4, -0.2) is 25.8 Å². The predicted octanol–water partition coefficient (Wildman–Crippen LogP) is 2.72. The molecule has 2 aromatic heterocycles. The Kier molecular flexibility index (Phi) is 3.96. The monoisotopic (exact) mass is 427 g/mol. The van der Waals surface area contributed by atoms with Gasteiger partial charge >= 0.3 is 11.2 Å². The van der Waals surface area contributed by atoms with Crippen LogP contribution in [0.25, 0.3) is 21.9 Å². The number of fused-ring (bicyclic) bond motifs is 3. The molecule has 9 nitrogen and oxygen atoms in total. The van der Waals surface area contributed by atoms with Gasteiger partial charge in [-0.3, -0.25) is 14.9 Å². The number of aromatic amines is 2. The summed E-state index contributed by atoms with van der Waals surface area (Å²) in [7, 11) is 0. The third-order valence-electron chi connectivity index (χ3n) is 4.02. The van der Waals surface area contributed by atoms with Crippen LogP contribution < -0.4 is 11.2 Å². The zero-order valence-corrected chi connectivity index (χ0v) is 15.1. The predicted molar refractivity (Wildman–Crippen MR) is 104 cm³/mol. The summed E-state index contributed by atoms with van der Waals surface area (Å²) in [5.41, 5.74) is 0.496. The van der Waals surface area contributed by atoms with Crippen molar-refractivity contribution >= 4 is 49.8 Å². The lowest BCUT2D eigenvalue weighted by atomic mass is 10.2. The van der Waals surface area contributed by atoms with Crippen LogP contribution in [0.3, 0.4) is 0 Å². The van der Waals surface area contributed by atoms with E-state index in [4.69, 9.17) is 0 Å². The van der Waals surface area contributed by atoms with E-state index >= 15 is 0 Å². The first kappa shape index (κ1) is 16.9. The van der Waals surface area contributed by atoms with E-state index < -0.39 is 16.2 Å². The van der Waals surface area contributed by atoms with E-state index in [0.717, 1.165) is 4.47 Å². The molecule has 0 spiro atoms. The average Bonchev–Trinajstić information content (AvgIpc) is 3.00. The third kappa shape index (κ3) is 2.95. The number of nitrogens with zero attached hydrogens (tertiary/aromatic N) is 3. The molecule has 0 amide bonds. The van der Waals surface area contributed by atoms with Gasteiger partial charge < -0.3 is 9.97 Å². The molecule has 10 heteroatoms. The summed E-state index contributed by atoms with van der Waals surface area (Å²) in [6, 6.07) is 11.0. The number of halogens is 1. The number of nitrogens with one attached hydrogen (secondary N) is 2. The molecular weight excluding hydrogens is 418 g/mol. The molecule has 0 unspecified atom stereocenters. The number of H-pyrrole nitrogens is 2. The number of nitro groups is 1. The van der Waals surface area contributed by atoms with Crippen LogP contribution in [0.15, 0.2) is 61.6 Å². The van der Waals surface area contributed by atoms with Crippen LogP contribution in [0.1, 0.15) is 5.56 Å². The van der Waals surface area contributed by atoms with E-state index in [1.165, 1.54) is 30.5 Å². The first-order chi connectivity index (χ1) is 12.9. The number of nitro benzene ring substituents is 1. The molecule has 0 saturated carbocycles. The summed E-state index contributed by atoms with van der Waals surface area (Å²) in [6.45, 7) is 0. The molecule has 0 atom stereocenters. The van der Waals surface area contributed by atoms with Crippen molar-refractivity contribution in [3.63, 3.8) is 0 Å². The van der Waals surface area contributed by atoms with Crippen molar-refractivity contribution in [2.45, 2.75) is 0 Å². The van der Waals surface area contributed by atoms with Crippen molar-refractivity contribution in [3.05, 3.63) is 83.5 Å². The van der Waals surface area contributed by atoms with Gasteiger partial charge in [-0.2, -0.15) is 5.10 Å². The minimum atomic E-state index is -0.688. The molecule has 0 saturated heterocycles. The number of non-ortho nitro benzene ring substituents is 1. The highest BCUT2D eigenvalue weighted by Crippen LogP contribution is 2.24. The fourth-order valence-electron chi connectivity index (χ4n) is 2.72. The van der Waals surface area contributed by atoms with Crippen molar-refractivity contribution in [2.75, 3.05) is 0 Å². The lowest BCUT2D eigenvalue weighted by molar-refractivity contribution is -0.384. The highest BCUT2D eigenvalue weighted by Gasteiger charge is 2.12. The van der Waals surface area contributed by atoms with E-state index in [1.54, 1.807) is 12.1 Å². The number of rotatable bonds is 3. The highest BCUT2D eigenvalue weighted by atomic mass is 79.9. The maximum atomic E-state index is 12.7. The fourth-order valence-corrected chi connectivity index (χ4v) is 3.08. The Labute approximate surface area is 158 Å². The Morgan fingerprint density at radius 1 is 1.07 bits per heavy atom. The lowest BCUT2D eigenvalue weighted by Gasteiger charge is -1.98. The SMILES string of the molecule is O=c1[nH]c2c([nH]c3ccc(Br)cc32)c(=O)n1/N=C/c1ccc([N+](=O)[O-])cc1. The van der Waals surface area contributed by atoms with Crippen LogP contribution >= 0.6 is 15.9 Å². The Morgan fingerprint density at radius 3 is 2.52 bits per heavy atom. The van der Waals surface area contributed by atoms with Crippen LogP contribution in [0.4, 0.5) is 5.69 Å². The number of hydrogen-bond acceptors (Lipinski definition) is 5. The Hall–Kier alpha value is -3.53. The van der Waals surface area contributed by atoms with Crippen molar-refractivity contribution in [1.29, 1.82) is 0 Å². The molecule has 0 aliphatic heterocycles. The maximum Gasteiger partial charge on any atom is 0.350 e.